The van der Waals surface area contributed by atoms with Crippen molar-refractivity contribution in [1.29, 1.82) is 0 Å². The maximum absolute atomic E-state index is 14.4. The van der Waals surface area contributed by atoms with E-state index in [4.69, 9.17) is 4.74 Å². The number of fused-ring (bicyclic) bond motifs is 1. The molecule has 102 valence electrons. The maximum Gasteiger partial charge on any atom is 0.153 e. The van der Waals surface area contributed by atoms with E-state index in [9.17, 15) is 4.39 Å². The lowest BCUT2D eigenvalue weighted by Crippen LogP contribution is -2.33. The van der Waals surface area contributed by atoms with Gasteiger partial charge in [0.2, 0.25) is 0 Å². The monoisotopic (exact) mass is 281 g/mol. The molecule has 1 aliphatic heterocycles. The minimum absolute atomic E-state index is 0.140. The topological polar surface area (TPSA) is 38.2 Å². The van der Waals surface area contributed by atoms with Crippen LogP contribution in [0.4, 0.5) is 10.2 Å². The number of ether oxygens (including phenoxy) is 1. The Bertz CT molecular complexity index is 603. The summed E-state index contributed by atoms with van der Waals surface area (Å²) < 4.78 is 20.5. The number of methoxy groups -OCH3 is 1. The molecule has 0 N–H and O–H groups in total. The van der Waals surface area contributed by atoms with Crippen molar-refractivity contribution in [2.45, 2.75) is 19.0 Å². The molecule has 0 aromatic carbocycles. The highest BCUT2D eigenvalue weighted by molar-refractivity contribution is 7.18. The molecule has 3 rings (SSSR count). The van der Waals surface area contributed by atoms with Gasteiger partial charge in [-0.1, -0.05) is 0 Å². The number of anilines is 1. The summed E-state index contributed by atoms with van der Waals surface area (Å²) in [7, 11) is 1.54. The molecule has 1 saturated heterocycles. The second-order valence-electron chi connectivity index (χ2n) is 5.05. The normalized spacial score (nSPS) is 23.4. The lowest BCUT2D eigenvalue weighted by molar-refractivity contribution is 0.0571. The van der Waals surface area contributed by atoms with Crippen molar-refractivity contribution in [3.8, 4) is 0 Å². The Balaban J connectivity index is 1.94. The number of alkyl halides is 1. The van der Waals surface area contributed by atoms with Gasteiger partial charge in [0.1, 0.15) is 12.1 Å². The molecule has 4 nitrogen and oxygen atoms in total. The lowest BCUT2D eigenvalue weighted by atomic mass is 10.1. The van der Waals surface area contributed by atoms with E-state index < -0.39 is 5.67 Å². The van der Waals surface area contributed by atoms with Gasteiger partial charge in [-0.05, 0) is 17.9 Å². The first-order valence-electron chi connectivity index (χ1n) is 6.24. The molecule has 2 aromatic rings. The van der Waals surface area contributed by atoms with Gasteiger partial charge in [-0.2, -0.15) is 0 Å². The molecule has 0 saturated carbocycles. The van der Waals surface area contributed by atoms with Crippen molar-refractivity contribution in [2.75, 3.05) is 31.7 Å². The minimum Gasteiger partial charge on any atom is -0.381 e. The third-order valence-corrected chi connectivity index (χ3v) is 4.60. The summed E-state index contributed by atoms with van der Waals surface area (Å²) in [6, 6.07) is 0. The summed E-state index contributed by atoms with van der Waals surface area (Å²) in [5, 5.41) is 2.07. The Kier molecular flexibility index (Phi) is 3.14. The van der Waals surface area contributed by atoms with E-state index in [0.29, 0.717) is 19.5 Å². The molecule has 6 heteroatoms. The van der Waals surface area contributed by atoms with Gasteiger partial charge in [0.05, 0.1) is 23.4 Å². The number of nitrogens with zero attached hydrogens (tertiary/aromatic N) is 3. The molecule has 1 unspecified atom stereocenters. The number of hydrogen-bond acceptors (Lipinski definition) is 5. The number of aryl methyl sites for hydroxylation is 1. The zero-order valence-corrected chi connectivity index (χ0v) is 11.8. The Hall–Kier alpha value is -1.27. The van der Waals surface area contributed by atoms with Crippen LogP contribution < -0.4 is 4.90 Å². The van der Waals surface area contributed by atoms with Gasteiger partial charge >= 0.3 is 0 Å². The van der Waals surface area contributed by atoms with E-state index >= 15 is 0 Å². The first kappa shape index (κ1) is 12.7. The standard InChI is InChI=1S/C13H16FN3OS/c1-9-5-19-11-10(9)15-8-16-12(11)17-4-3-13(14,6-17)7-18-2/h5,8H,3-4,6-7H2,1-2H3. The van der Waals surface area contributed by atoms with E-state index in [2.05, 4.69) is 15.3 Å². The minimum atomic E-state index is -1.27. The molecule has 1 aliphatic rings. The molecule has 0 aliphatic carbocycles. The predicted molar refractivity (Wildman–Crippen MR) is 74.7 cm³/mol. The average Bonchev–Trinajstić information content (AvgIpc) is 2.95. The number of aromatic nitrogens is 2. The van der Waals surface area contributed by atoms with Crippen molar-refractivity contribution in [3.05, 3.63) is 17.3 Å². The average molecular weight is 281 g/mol. The first-order chi connectivity index (χ1) is 9.13. The van der Waals surface area contributed by atoms with Crippen molar-refractivity contribution in [3.63, 3.8) is 0 Å². The van der Waals surface area contributed by atoms with E-state index in [1.165, 1.54) is 7.11 Å². The largest absolute Gasteiger partial charge is 0.381 e. The van der Waals surface area contributed by atoms with E-state index in [-0.39, 0.29) is 6.61 Å². The van der Waals surface area contributed by atoms with Crippen LogP contribution in [0.1, 0.15) is 12.0 Å². The van der Waals surface area contributed by atoms with Gasteiger partial charge in [0.25, 0.3) is 0 Å². The molecular formula is C13H16FN3OS. The summed E-state index contributed by atoms with van der Waals surface area (Å²) in [5.74, 6) is 0.846. The molecule has 0 radical (unpaired) electrons. The third kappa shape index (κ3) is 2.19. The maximum atomic E-state index is 14.4. The SMILES string of the molecule is COCC1(F)CCN(c2ncnc3c(C)csc23)C1. The third-order valence-electron chi connectivity index (χ3n) is 3.52. The van der Waals surface area contributed by atoms with Gasteiger partial charge in [-0.25, -0.2) is 14.4 Å². The molecule has 0 spiro atoms. The van der Waals surface area contributed by atoms with Crippen LogP contribution in [0.15, 0.2) is 11.7 Å². The Morgan fingerprint density at radius 2 is 2.37 bits per heavy atom. The summed E-state index contributed by atoms with van der Waals surface area (Å²) >= 11 is 1.62. The fraction of sp³-hybridized carbons (Fsp3) is 0.538. The van der Waals surface area contributed by atoms with Crippen LogP contribution in [-0.4, -0.2) is 42.4 Å². The summed E-state index contributed by atoms with van der Waals surface area (Å²) in [6.07, 6.45) is 2.04. The molecule has 1 fully saturated rings. The van der Waals surface area contributed by atoms with E-state index in [1.54, 1.807) is 17.7 Å². The number of thiophene rings is 1. The summed E-state index contributed by atoms with van der Waals surface area (Å²) in [6.45, 7) is 3.18. The lowest BCUT2D eigenvalue weighted by Gasteiger charge is -2.21. The van der Waals surface area contributed by atoms with E-state index in [0.717, 1.165) is 21.6 Å². The first-order valence-corrected chi connectivity index (χ1v) is 7.12. The highest BCUT2D eigenvalue weighted by atomic mass is 32.1. The summed E-state index contributed by atoms with van der Waals surface area (Å²) in [4.78, 5) is 10.6. The molecule has 19 heavy (non-hydrogen) atoms. The molecule has 2 aromatic heterocycles. The Morgan fingerprint density at radius 1 is 1.53 bits per heavy atom. The fourth-order valence-electron chi connectivity index (χ4n) is 2.58. The second-order valence-corrected chi connectivity index (χ2v) is 5.93. The summed E-state index contributed by atoms with van der Waals surface area (Å²) in [5.41, 5.74) is 0.850. The van der Waals surface area contributed by atoms with Crippen molar-refractivity contribution in [2.24, 2.45) is 0 Å². The molecule has 0 amide bonds. The Labute approximate surface area is 115 Å². The van der Waals surface area contributed by atoms with Gasteiger partial charge in [-0.3, -0.25) is 0 Å². The predicted octanol–water partition coefficient (Wildman–Crippen LogP) is 2.56. The van der Waals surface area contributed by atoms with Crippen LogP contribution in [0.5, 0.6) is 0 Å². The van der Waals surface area contributed by atoms with Crippen LogP contribution >= 0.6 is 11.3 Å². The molecule has 1 atom stereocenters. The van der Waals surface area contributed by atoms with Gasteiger partial charge in [0.15, 0.2) is 5.67 Å². The van der Waals surface area contributed by atoms with Crippen LogP contribution in [0, 0.1) is 6.92 Å². The number of hydrogen-bond donors (Lipinski definition) is 0. The van der Waals surface area contributed by atoms with Crippen molar-refractivity contribution in [1.82, 2.24) is 9.97 Å². The highest BCUT2D eigenvalue weighted by Gasteiger charge is 2.39. The van der Waals surface area contributed by atoms with Crippen LogP contribution in [-0.2, 0) is 4.74 Å². The van der Waals surface area contributed by atoms with Crippen LogP contribution in [0.3, 0.4) is 0 Å². The number of rotatable bonds is 3. The van der Waals surface area contributed by atoms with Crippen molar-refractivity contribution < 1.29 is 9.13 Å². The smallest absolute Gasteiger partial charge is 0.153 e. The van der Waals surface area contributed by atoms with Gasteiger partial charge < -0.3 is 9.64 Å². The molecule has 3 heterocycles. The second kappa shape index (κ2) is 4.68. The van der Waals surface area contributed by atoms with Gasteiger partial charge in [-0.15, -0.1) is 11.3 Å². The zero-order chi connectivity index (χ0) is 13.5. The van der Waals surface area contributed by atoms with Crippen LogP contribution in [0.2, 0.25) is 0 Å². The zero-order valence-electron chi connectivity index (χ0n) is 11.0. The fourth-order valence-corrected chi connectivity index (χ4v) is 3.59. The number of halogens is 1. The molecule has 0 bridgehead atoms. The van der Waals surface area contributed by atoms with Crippen LogP contribution in [0.25, 0.3) is 10.2 Å². The van der Waals surface area contributed by atoms with Crippen molar-refractivity contribution >= 4 is 27.4 Å². The quantitative estimate of drug-likeness (QED) is 0.866. The Morgan fingerprint density at radius 3 is 3.16 bits per heavy atom. The highest BCUT2D eigenvalue weighted by Crippen LogP contribution is 2.35. The van der Waals surface area contributed by atoms with Gasteiger partial charge in [0, 0.05) is 20.1 Å². The molecular weight excluding hydrogens is 265 g/mol. The van der Waals surface area contributed by atoms with E-state index in [1.807, 2.05) is 11.8 Å².